The summed E-state index contributed by atoms with van der Waals surface area (Å²) in [7, 11) is 0. The lowest BCUT2D eigenvalue weighted by Gasteiger charge is -2.15. The van der Waals surface area contributed by atoms with Gasteiger partial charge in [-0.25, -0.2) is 9.78 Å². The number of aromatic carboxylic acids is 1. The van der Waals surface area contributed by atoms with Gasteiger partial charge in [0.25, 0.3) is 0 Å². The Hall–Kier alpha value is -4.33. The second kappa shape index (κ2) is 9.66. The predicted molar refractivity (Wildman–Crippen MR) is 132 cm³/mol. The van der Waals surface area contributed by atoms with E-state index in [9.17, 15) is 9.59 Å². The summed E-state index contributed by atoms with van der Waals surface area (Å²) < 4.78 is 2.04. The van der Waals surface area contributed by atoms with E-state index < -0.39 is 5.97 Å². The molecule has 4 heterocycles. The average molecular weight is 458 g/mol. The third-order valence-corrected chi connectivity index (χ3v) is 5.53. The van der Waals surface area contributed by atoms with Crippen LogP contribution in [0.1, 0.15) is 56.0 Å². The van der Waals surface area contributed by atoms with Gasteiger partial charge >= 0.3 is 5.97 Å². The largest absolute Gasteiger partial charge is 0.477 e. The molecule has 4 aromatic heterocycles. The second-order valence-electron chi connectivity index (χ2n) is 7.82. The van der Waals surface area contributed by atoms with Gasteiger partial charge < -0.3 is 15.4 Å². The standard InChI is InChI=1S/C25H23N5O3.CH4/c1-14(26)23(16(3)31)18-10-22-24(29-12-18)19(17-7-8-21(25(32)33)28-11-17)13-30(22)15(2)20-6-4-5-9-27-20;/h4-13,15H,26H2,1-3H3,(H,32,33);1H4/t15-;/m0./s1. The summed E-state index contributed by atoms with van der Waals surface area (Å²) in [6.07, 6.45) is 6.85. The summed E-state index contributed by atoms with van der Waals surface area (Å²) in [4.78, 5) is 36.6. The van der Waals surface area contributed by atoms with Crippen LogP contribution in [-0.2, 0) is 4.79 Å². The summed E-state index contributed by atoms with van der Waals surface area (Å²) in [5, 5.41) is 9.17. The van der Waals surface area contributed by atoms with Crippen molar-refractivity contribution in [3.05, 3.63) is 83.8 Å². The van der Waals surface area contributed by atoms with Gasteiger partial charge in [0, 0.05) is 52.7 Å². The number of hydrogen-bond donors (Lipinski definition) is 2. The number of fused-ring (bicyclic) bond motifs is 1. The molecule has 4 aromatic rings. The Balaban J connectivity index is 0.00000324. The molecule has 0 unspecified atom stereocenters. The van der Waals surface area contributed by atoms with Crippen LogP contribution < -0.4 is 5.73 Å². The smallest absolute Gasteiger partial charge is 0.354 e. The van der Waals surface area contributed by atoms with Crippen LogP contribution in [0.4, 0.5) is 0 Å². The molecular formula is C26H27N5O3. The van der Waals surface area contributed by atoms with Crippen molar-refractivity contribution in [2.45, 2.75) is 34.2 Å². The highest BCUT2D eigenvalue weighted by molar-refractivity contribution is 6.20. The highest BCUT2D eigenvalue weighted by Gasteiger charge is 2.20. The topological polar surface area (TPSA) is 124 Å². The van der Waals surface area contributed by atoms with Crippen molar-refractivity contribution in [2.75, 3.05) is 0 Å². The molecule has 8 heteroatoms. The first-order valence-corrected chi connectivity index (χ1v) is 10.4. The molecule has 0 aliphatic carbocycles. The van der Waals surface area contributed by atoms with Gasteiger partial charge in [-0.1, -0.05) is 19.6 Å². The molecule has 0 saturated carbocycles. The summed E-state index contributed by atoms with van der Waals surface area (Å²) in [5.41, 5.74) is 11.3. The van der Waals surface area contributed by atoms with Gasteiger partial charge in [0.05, 0.1) is 22.8 Å². The van der Waals surface area contributed by atoms with E-state index in [4.69, 9.17) is 10.8 Å². The number of carboxylic acids is 1. The molecule has 0 radical (unpaired) electrons. The third kappa shape index (κ3) is 4.43. The quantitative estimate of drug-likeness (QED) is 0.402. The van der Waals surface area contributed by atoms with Crippen molar-refractivity contribution in [1.29, 1.82) is 0 Å². The number of carbonyl (C=O) groups excluding carboxylic acids is 1. The Kier molecular flexibility index (Phi) is 6.91. The number of hydrogen-bond acceptors (Lipinski definition) is 6. The minimum absolute atomic E-state index is 0. The number of carbonyl (C=O) groups is 2. The minimum Gasteiger partial charge on any atom is -0.477 e. The summed E-state index contributed by atoms with van der Waals surface area (Å²) >= 11 is 0. The molecule has 1 atom stereocenters. The molecule has 0 spiro atoms. The number of nitrogens with two attached hydrogens (primary N) is 1. The highest BCUT2D eigenvalue weighted by Crippen LogP contribution is 2.34. The number of nitrogens with zero attached hydrogens (tertiary/aromatic N) is 4. The lowest BCUT2D eigenvalue weighted by molar-refractivity contribution is -0.111. The van der Waals surface area contributed by atoms with Gasteiger partial charge in [-0.2, -0.15) is 0 Å². The van der Waals surface area contributed by atoms with E-state index in [0.29, 0.717) is 22.4 Å². The molecule has 4 rings (SSSR count). The number of carboxylic acid groups (broad SMARTS) is 1. The summed E-state index contributed by atoms with van der Waals surface area (Å²) in [5.74, 6) is -1.23. The molecule has 0 amide bonds. The fourth-order valence-electron chi connectivity index (χ4n) is 3.95. The van der Waals surface area contributed by atoms with Crippen molar-refractivity contribution >= 4 is 28.4 Å². The van der Waals surface area contributed by atoms with Crippen LogP contribution in [0.5, 0.6) is 0 Å². The predicted octanol–water partition coefficient (Wildman–Crippen LogP) is 4.72. The second-order valence-corrected chi connectivity index (χ2v) is 7.82. The van der Waals surface area contributed by atoms with Crippen LogP contribution in [0.15, 0.2) is 66.9 Å². The SMILES string of the molecule is C.CC(=O)C(=C(C)N)c1cnc2c(-c3ccc(C(=O)O)nc3)cn([C@@H](C)c3ccccn3)c2c1. The number of aromatic nitrogens is 4. The molecule has 0 bridgehead atoms. The molecule has 174 valence electrons. The Morgan fingerprint density at radius 2 is 1.82 bits per heavy atom. The normalized spacial score (nSPS) is 12.6. The monoisotopic (exact) mass is 457 g/mol. The Morgan fingerprint density at radius 1 is 1.06 bits per heavy atom. The number of allylic oxidation sites excluding steroid dienone is 2. The zero-order valence-corrected chi connectivity index (χ0v) is 18.5. The molecule has 0 saturated heterocycles. The van der Waals surface area contributed by atoms with Gasteiger partial charge in [0.15, 0.2) is 5.78 Å². The first-order chi connectivity index (χ1) is 15.8. The van der Waals surface area contributed by atoms with Crippen LogP contribution in [0.25, 0.3) is 27.7 Å². The van der Waals surface area contributed by atoms with E-state index in [0.717, 1.165) is 22.3 Å². The van der Waals surface area contributed by atoms with Crippen molar-refractivity contribution in [1.82, 2.24) is 19.5 Å². The van der Waals surface area contributed by atoms with Crippen molar-refractivity contribution in [2.24, 2.45) is 5.73 Å². The molecule has 34 heavy (non-hydrogen) atoms. The maximum Gasteiger partial charge on any atom is 0.354 e. The van der Waals surface area contributed by atoms with Gasteiger partial charge in [-0.3, -0.25) is 14.8 Å². The van der Waals surface area contributed by atoms with Gasteiger partial charge in [0.1, 0.15) is 5.69 Å². The number of Topliss-reactive ketones (excluding diaryl/α,β-unsaturated/α-hetero) is 1. The van der Waals surface area contributed by atoms with Crippen LogP contribution in [-0.4, -0.2) is 36.4 Å². The molecule has 8 nitrogen and oxygen atoms in total. The average Bonchev–Trinajstić information content (AvgIpc) is 3.17. The van der Waals surface area contributed by atoms with Crippen LogP contribution >= 0.6 is 0 Å². The molecule has 0 aromatic carbocycles. The molecule has 0 aliphatic rings. The van der Waals surface area contributed by atoms with E-state index in [2.05, 4.69) is 15.0 Å². The van der Waals surface area contributed by atoms with E-state index in [-0.39, 0.29) is 24.9 Å². The van der Waals surface area contributed by atoms with Gasteiger partial charge in [-0.15, -0.1) is 0 Å². The summed E-state index contributed by atoms with van der Waals surface area (Å²) in [6.45, 7) is 5.20. The van der Waals surface area contributed by atoms with Crippen LogP contribution in [0.3, 0.4) is 0 Å². The van der Waals surface area contributed by atoms with Crippen LogP contribution in [0, 0.1) is 0 Å². The lowest BCUT2D eigenvalue weighted by Crippen LogP contribution is -2.08. The summed E-state index contributed by atoms with van der Waals surface area (Å²) in [6, 6.07) is 10.7. The van der Waals surface area contributed by atoms with Crippen molar-refractivity contribution < 1.29 is 14.7 Å². The lowest BCUT2D eigenvalue weighted by atomic mass is 10.0. The Bertz CT molecular complexity index is 1390. The van der Waals surface area contributed by atoms with E-state index in [1.54, 1.807) is 25.4 Å². The first-order valence-electron chi connectivity index (χ1n) is 10.4. The molecule has 0 aliphatic heterocycles. The van der Waals surface area contributed by atoms with Gasteiger partial charge in [-0.05, 0) is 45.0 Å². The third-order valence-electron chi connectivity index (χ3n) is 5.53. The Labute approximate surface area is 197 Å². The van der Waals surface area contributed by atoms with Gasteiger partial charge in [0.2, 0.25) is 0 Å². The Morgan fingerprint density at radius 3 is 2.38 bits per heavy atom. The number of pyridine rings is 3. The maximum atomic E-state index is 12.2. The van der Waals surface area contributed by atoms with Crippen molar-refractivity contribution in [3.63, 3.8) is 0 Å². The fraction of sp³-hybridized carbons (Fsp3) is 0.192. The number of rotatable bonds is 6. The molecule has 0 fully saturated rings. The fourth-order valence-corrected chi connectivity index (χ4v) is 3.95. The first kappa shape index (κ1) is 24.3. The minimum atomic E-state index is -1.09. The maximum absolute atomic E-state index is 12.2. The zero-order valence-electron chi connectivity index (χ0n) is 18.5. The van der Waals surface area contributed by atoms with E-state index >= 15 is 0 Å². The number of ketones is 1. The molecular weight excluding hydrogens is 430 g/mol. The van der Waals surface area contributed by atoms with E-state index in [1.807, 2.05) is 42.0 Å². The zero-order chi connectivity index (χ0) is 23.7. The molecule has 3 N–H and O–H groups in total. The van der Waals surface area contributed by atoms with E-state index in [1.165, 1.54) is 19.2 Å². The van der Waals surface area contributed by atoms with Crippen LogP contribution in [0.2, 0.25) is 0 Å². The van der Waals surface area contributed by atoms with Crippen molar-refractivity contribution in [3.8, 4) is 11.1 Å². The highest BCUT2D eigenvalue weighted by atomic mass is 16.4.